The van der Waals surface area contributed by atoms with E-state index in [0.717, 1.165) is 5.56 Å². The Balaban J connectivity index is 2.75. The van der Waals surface area contributed by atoms with Crippen LogP contribution in [0.25, 0.3) is 0 Å². The summed E-state index contributed by atoms with van der Waals surface area (Å²) in [5.41, 5.74) is 6.47. The monoisotopic (exact) mass is 261 g/mol. The summed E-state index contributed by atoms with van der Waals surface area (Å²) < 4.78 is 0. The van der Waals surface area contributed by atoms with Crippen molar-refractivity contribution in [2.75, 3.05) is 0 Å². The van der Waals surface area contributed by atoms with E-state index in [0.29, 0.717) is 6.42 Å². The highest BCUT2D eigenvalue weighted by Crippen LogP contribution is 2.08. The zero-order chi connectivity index (χ0) is 14.3. The minimum atomic E-state index is -0.909. The molecule has 0 bridgehead atoms. The SMILES string of the molecule is C[C@H](N)C(=O)N[C@@H](Cc1ccccc1)C(O)CC#N. The first kappa shape index (κ1) is 15.2. The molecular weight excluding hydrogens is 242 g/mol. The third kappa shape index (κ3) is 5.08. The van der Waals surface area contributed by atoms with Gasteiger partial charge in [-0.1, -0.05) is 30.3 Å². The molecule has 0 aromatic heterocycles. The molecule has 0 aliphatic carbocycles. The van der Waals surface area contributed by atoms with Gasteiger partial charge in [0.25, 0.3) is 0 Å². The molecule has 0 saturated carbocycles. The Hall–Kier alpha value is -1.90. The molecule has 0 fully saturated rings. The number of hydrogen-bond acceptors (Lipinski definition) is 4. The number of nitrogens with two attached hydrogens (primary N) is 1. The molecule has 0 spiro atoms. The van der Waals surface area contributed by atoms with Gasteiger partial charge in [-0.15, -0.1) is 0 Å². The lowest BCUT2D eigenvalue weighted by atomic mass is 9.99. The summed E-state index contributed by atoms with van der Waals surface area (Å²) in [6.07, 6.45) is -0.480. The molecule has 102 valence electrons. The average molecular weight is 261 g/mol. The summed E-state index contributed by atoms with van der Waals surface area (Å²) in [4.78, 5) is 11.6. The van der Waals surface area contributed by atoms with Crippen LogP contribution in [0.15, 0.2) is 30.3 Å². The standard InChI is InChI=1S/C14H19N3O2/c1-10(16)14(19)17-12(13(18)7-8-15)9-11-5-3-2-4-6-11/h2-6,10,12-13,18H,7,9,16H2,1H3,(H,17,19)/t10-,12-,13?/m0/s1. The van der Waals surface area contributed by atoms with E-state index in [1.165, 1.54) is 0 Å². The van der Waals surface area contributed by atoms with E-state index in [1.54, 1.807) is 6.92 Å². The van der Waals surface area contributed by atoms with E-state index in [2.05, 4.69) is 5.32 Å². The van der Waals surface area contributed by atoms with Crippen LogP contribution in [0.1, 0.15) is 18.9 Å². The third-order valence-corrected chi connectivity index (χ3v) is 2.80. The molecule has 5 heteroatoms. The first-order valence-electron chi connectivity index (χ1n) is 6.19. The number of aliphatic hydroxyl groups is 1. The minimum Gasteiger partial charge on any atom is -0.390 e. The van der Waals surface area contributed by atoms with Crippen LogP contribution in [-0.4, -0.2) is 29.2 Å². The second kappa shape index (κ2) is 7.52. The topological polar surface area (TPSA) is 99.1 Å². The molecule has 0 radical (unpaired) electrons. The van der Waals surface area contributed by atoms with Gasteiger partial charge >= 0.3 is 0 Å². The molecule has 5 nitrogen and oxygen atoms in total. The van der Waals surface area contributed by atoms with E-state index in [4.69, 9.17) is 11.0 Å². The van der Waals surface area contributed by atoms with Gasteiger partial charge in [0, 0.05) is 0 Å². The van der Waals surface area contributed by atoms with Crippen molar-refractivity contribution in [3.63, 3.8) is 0 Å². The van der Waals surface area contributed by atoms with E-state index in [-0.39, 0.29) is 12.3 Å². The van der Waals surface area contributed by atoms with Crippen LogP contribution < -0.4 is 11.1 Å². The molecule has 0 saturated heterocycles. The van der Waals surface area contributed by atoms with E-state index in [9.17, 15) is 9.90 Å². The van der Waals surface area contributed by atoms with Crippen molar-refractivity contribution in [1.82, 2.24) is 5.32 Å². The summed E-state index contributed by atoms with van der Waals surface area (Å²) in [5.74, 6) is -0.335. The maximum atomic E-state index is 11.6. The Kier molecular flexibility index (Phi) is 6.00. The Morgan fingerprint density at radius 3 is 2.63 bits per heavy atom. The lowest BCUT2D eigenvalue weighted by Crippen LogP contribution is -2.49. The van der Waals surface area contributed by atoms with Crippen LogP contribution in [-0.2, 0) is 11.2 Å². The summed E-state index contributed by atoms with van der Waals surface area (Å²) in [6.45, 7) is 1.57. The van der Waals surface area contributed by atoms with Crippen molar-refractivity contribution in [2.45, 2.75) is 38.0 Å². The largest absolute Gasteiger partial charge is 0.390 e. The molecule has 19 heavy (non-hydrogen) atoms. The second-order valence-electron chi connectivity index (χ2n) is 4.52. The number of rotatable bonds is 6. The quantitative estimate of drug-likeness (QED) is 0.687. The number of benzene rings is 1. The molecule has 1 unspecified atom stereocenters. The maximum absolute atomic E-state index is 11.6. The van der Waals surface area contributed by atoms with Gasteiger partial charge in [-0.3, -0.25) is 4.79 Å². The molecule has 1 aromatic carbocycles. The van der Waals surface area contributed by atoms with Gasteiger partial charge in [0.2, 0.25) is 5.91 Å². The Bertz CT molecular complexity index is 440. The van der Waals surface area contributed by atoms with Crippen molar-refractivity contribution in [3.05, 3.63) is 35.9 Å². The van der Waals surface area contributed by atoms with Gasteiger partial charge in [-0.25, -0.2) is 0 Å². The van der Waals surface area contributed by atoms with Gasteiger partial charge in [0.15, 0.2) is 0 Å². The number of nitriles is 1. The molecule has 3 atom stereocenters. The second-order valence-corrected chi connectivity index (χ2v) is 4.52. The lowest BCUT2D eigenvalue weighted by molar-refractivity contribution is -0.123. The average Bonchev–Trinajstić information content (AvgIpc) is 2.39. The third-order valence-electron chi connectivity index (χ3n) is 2.80. The lowest BCUT2D eigenvalue weighted by Gasteiger charge is -2.23. The maximum Gasteiger partial charge on any atom is 0.236 e. The number of aliphatic hydroxyl groups excluding tert-OH is 1. The fraction of sp³-hybridized carbons (Fsp3) is 0.429. The van der Waals surface area contributed by atoms with Gasteiger partial charge in [-0.2, -0.15) is 5.26 Å². The first-order chi connectivity index (χ1) is 9.04. The highest BCUT2D eigenvalue weighted by atomic mass is 16.3. The van der Waals surface area contributed by atoms with Crippen molar-refractivity contribution in [1.29, 1.82) is 5.26 Å². The van der Waals surface area contributed by atoms with E-state index in [1.807, 2.05) is 36.4 Å². The van der Waals surface area contributed by atoms with Crippen LogP contribution >= 0.6 is 0 Å². The molecule has 0 aliphatic heterocycles. The molecule has 1 rings (SSSR count). The van der Waals surface area contributed by atoms with Crippen LogP contribution in [0, 0.1) is 11.3 Å². The van der Waals surface area contributed by atoms with Gasteiger partial charge in [-0.05, 0) is 18.9 Å². The summed E-state index contributed by atoms with van der Waals surface area (Å²) in [5, 5.41) is 21.3. The van der Waals surface area contributed by atoms with Crippen molar-refractivity contribution >= 4 is 5.91 Å². The van der Waals surface area contributed by atoms with Gasteiger partial charge in [0.1, 0.15) is 0 Å². The fourth-order valence-corrected chi connectivity index (χ4v) is 1.70. The van der Waals surface area contributed by atoms with E-state index < -0.39 is 18.2 Å². The number of carbonyl (C=O) groups excluding carboxylic acids is 1. The van der Waals surface area contributed by atoms with Crippen molar-refractivity contribution in [2.24, 2.45) is 5.73 Å². The zero-order valence-corrected chi connectivity index (χ0v) is 10.9. The molecule has 0 aliphatic rings. The zero-order valence-electron chi connectivity index (χ0n) is 10.9. The Morgan fingerprint density at radius 2 is 2.11 bits per heavy atom. The predicted molar refractivity (Wildman–Crippen MR) is 72.0 cm³/mol. The Morgan fingerprint density at radius 1 is 1.47 bits per heavy atom. The van der Waals surface area contributed by atoms with Crippen LogP contribution in [0.5, 0.6) is 0 Å². The number of hydrogen-bond donors (Lipinski definition) is 3. The number of amides is 1. The first-order valence-corrected chi connectivity index (χ1v) is 6.19. The summed E-state index contributed by atoms with van der Waals surface area (Å²) in [7, 11) is 0. The van der Waals surface area contributed by atoms with Crippen LogP contribution in [0.2, 0.25) is 0 Å². The molecular formula is C14H19N3O2. The number of nitrogens with one attached hydrogen (secondary N) is 1. The fourth-order valence-electron chi connectivity index (χ4n) is 1.70. The van der Waals surface area contributed by atoms with Gasteiger partial charge in [0.05, 0.1) is 30.7 Å². The van der Waals surface area contributed by atoms with Crippen LogP contribution in [0.3, 0.4) is 0 Å². The van der Waals surface area contributed by atoms with Gasteiger partial charge < -0.3 is 16.2 Å². The summed E-state index contributed by atoms with van der Waals surface area (Å²) >= 11 is 0. The number of carbonyl (C=O) groups is 1. The minimum absolute atomic E-state index is 0.0310. The Labute approximate surface area is 113 Å². The smallest absolute Gasteiger partial charge is 0.236 e. The van der Waals surface area contributed by atoms with Crippen molar-refractivity contribution in [3.8, 4) is 6.07 Å². The van der Waals surface area contributed by atoms with E-state index >= 15 is 0 Å². The molecule has 0 heterocycles. The summed E-state index contributed by atoms with van der Waals surface area (Å²) in [6, 6.07) is 10.2. The van der Waals surface area contributed by atoms with Crippen molar-refractivity contribution < 1.29 is 9.90 Å². The molecule has 1 aromatic rings. The van der Waals surface area contributed by atoms with Crippen LogP contribution in [0.4, 0.5) is 0 Å². The highest BCUT2D eigenvalue weighted by molar-refractivity contribution is 5.81. The molecule has 1 amide bonds. The normalized spacial score (nSPS) is 15.1. The predicted octanol–water partition coefficient (Wildman–Crippen LogP) is 0.336. The highest BCUT2D eigenvalue weighted by Gasteiger charge is 2.22. The number of nitrogens with zero attached hydrogens (tertiary/aromatic N) is 1. The molecule has 4 N–H and O–H groups in total.